The Labute approximate surface area is 119 Å². The van der Waals surface area contributed by atoms with Crippen molar-refractivity contribution in [1.29, 1.82) is 0 Å². The van der Waals surface area contributed by atoms with Gasteiger partial charge < -0.3 is 4.90 Å². The molecule has 0 aromatic heterocycles. The molecule has 3 unspecified atom stereocenters. The van der Waals surface area contributed by atoms with Crippen molar-refractivity contribution in [2.75, 3.05) is 6.54 Å². The Kier molecular flexibility index (Phi) is 6.84. The van der Waals surface area contributed by atoms with Crippen LogP contribution in [0.5, 0.6) is 0 Å². The molecule has 1 amide bonds. The van der Waals surface area contributed by atoms with E-state index in [0.29, 0.717) is 17.7 Å². The molecule has 1 saturated heterocycles. The molecule has 19 heavy (non-hydrogen) atoms. The highest BCUT2D eigenvalue weighted by Crippen LogP contribution is 2.23. The van der Waals surface area contributed by atoms with Crippen molar-refractivity contribution in [1.82, 2.24) is 10.2 Å². The summed E-state index contributed by atoms with van der Waals surface area (Å²) < 4.78 is 0. The van der Waals surface area contributed by atoms with Crippen LogP contribution in [0.2, 0.25) is 0 Å². The van der Waals surface area contributed by atoms with Gasteiger partial charge in [0.25, 0.3) is 0 Å². The lowest BCUT2D eigenvalue weighted by molar-refractivity contribution is -0.131. The van der Waals surface area contributed by atoms with E-state index in [1.54, 1.807) is 0 Å². The number of unbranched alkanes of at least 4 members (excludes halogenated alkanes) is 1. The van der Waals surface area contributed by atoms with Crippen LogP contribution in [0.3, 0.4) is 0 Å². The topological polar surface area (TPSA) is 32.3 Å². The Morgan fingerprint density at radius 2 is 1.95 bits per heavy atom. The largest absolute Gasteiger partial charge is 0.325 e. The molecule has 3 atom stereocenters. The summed E-state index contributed by atoms with van der Waals surface area (Å²) in [5.41, 5.74) is 0. The Hall–Kier alpha value is -0.570. The Bertz CT molecular complexity index is 278. The smallest absolute Gasteiger partial charge is 0.241 e. The number of nitrogens with one attached hydrogen (secondary N) is 1. The summed E-state index contributed by atoms with van der Waals surface area (Å²) in [4.78, 5) is 14.6. The molecule has 0 aliphatic carbocycles. The summed E-state index contributed by atoms with van der Waals surface area (Å²) in [5, 5.41) is 3.50. The van der Waals surface area contributed by atoms with E-state index >= 15 is 0 Å². The van der Waals surface area contributed by atoms with Gasteiger partial charge >= 0.3 is 0 Å². The lowest BCUT2D eigenvalue weighted by atomic mass is 9.98. The van der Waals surface area contributed by atoms with Crippen LogP contribution in [0.15, 0.2) is 0 Å². The molecule has 1 aliphatic rings. The van der Waals surface area contributed by atoms with E-state index in [-0.39, 0.29) is 12.2 Å². The predicted molar refractivity (Wildman–Crippen MR) is 80.9 cm³/mol. The van der Waals surface area contributed by atoms with E-state index < -0.39 is 0 Å². The minimum atomic E-state index is 0.0380. The first-order valence-corrected chi connectivity index (χ1v) is 8.11. The Balaban J connectivity index is 2.68. The first-order chi connectivity index (χ1) is 9.04. The highest BCUT2D eigenvalue weighted by atomic mass is 16.2. The second-order valence-electron chi connectivity index (χ2n) is 6.22. The van der Waals surface area contributed by atoms with E-state index in [0.717, 1.165) is 13.0 Å². The molecule has 1 N–H and O–H groups in total. The van der Waals surface area contributed by atoms with Crippen LogP contribution < -0.4 is 5.32 Å². The van der Waals surface area contributed by atoms with Crippen molar-refractivity contribution in [2.24, 2.45) is 11.8 Å². The summed E-state index contributed by atoms with van der Waals surface area (Å²) in [6.45, 7) is 11.9. The Morgan fingerprint density at radius 3 is 2.42 bits per heavy atom. The van der Waals surface area contributed by atoms with Gasteiger partial charge in [0.1, 0.15) is 0 Å². The highest BCUT2D eigenvalue weighted by molar-refractivity contribution is 5.84. The fourth-order valence-corrected chi connectivity index (χ4v) is 2.95. The van der Waals surface area contributed by atoms with Crippen LogP contribution in [0.25, 0.3) is 0 Å². The highest BCUT2D eigenvalue weighted by Gasteiger charge is 2.39. The monoisotopic (exact) mass is 268 g/mol. The molecule has 1 heterocycles. The molecule has 3 nitrogen and oxygen atoms in total. The van der Waals surface area contributed by atoms with Crippen molar-refractivity contribution in [3.05, 3.63) is 0 Å². The van der Waals surface area contributed by atoms with Gasteiger partial charge in [-0.2, -0.15) is 0 Å². The van der Waals surface area contributed by atoms with Gasteiger partial charge in [-0.15, -0.1) is 0 Å². The third kappa shape index (κ3) is 4.20. The first kappa shape index (κ1) is 16.5. The van der Waals surface area contributed by atoms with Crippen LogP contribution >= 0.6 is 0 Å². The number of amides is 1. The van der Waals surface area contributed by atoms with E-state index in [1.165, 1.54) is 25.7 Å². The molecule has 1 rings (SSSR count). The van der Waals surface area contributed by atoms with Crippen molar-refractivity contribution in [2.45, 2.75) is 78.9 Å². The lowest BCUT2D eigenvalue weighted by Gasteiger charge is -2.30. The van der Waals surface area contributed by atoms with Crippen molar-refractivity contribution < 1.29 is 4.79 Å². The van der Waals surface area contributed by atoms with Gasteiger partial charge in [-0.05, 0) is 24.7 Å². The molecule has 0 saturated carbocycles. The average Bonchev–Trinajstić information content (AvgIpc) is 2.71. The first-order valence-electron chi connectivity index (χ1n) is 8.11. The molecular formula is C16H32N2O. The summed E-state index contributed by atoms with van der Waals surface area (Å²) in [6, 6.07) is 0.0380. The standard InChI is InChI=1S/C16H32N2O/c1-6-9-10-13(7-2)11-18-15(12(4)5)17-14(8-3)16(18)19/h12-15,17H,6-11H2,1-5H3. The average molecular weight is 268 g/mol. The molecule has 0 spiro atoms. The van der Waals surface area contributed by atoms with Gasteiger partial charge in [0.05, 0.1) is 12.2 Å². The van der Waals surface area contributed by atoms with Crippen molar-refractivity contribution >= 4 is 5.91 Å². The maximum absolute atomic E-state index is 12.4. The zero-order valence-corrected chi connectivity index (χ0v) is 13.4. The fourth-order valence-electron chi connectivity index (χ4n) is 2.95. The van der Waals surface area contributed by atoms with Crippen LogP contribution in [0.4, 0.5) is 0 Å². The summed E-state index contributed by atoms with van der Waals surface area (Å²) >= 11 is 0. The summed E-state index contributed by atoms with van der Waals surface area (Å²) in [6.07, 6.45) is 6.06. The van der Waals surface area contributed by atoms with Crippen LogP contribution in [0.1, 0.15) is 66.7 Å². The van der Waals surface area contributed by atoms with Crippen LogP contribution in [-0.2, 0) is 4.79 Å². The zero-order chi connectivity index (χ0) is 14.4. The summed E-state index contributed by atoms with van der Waals surface area (Å²) in [5.74, 6) is 1.45. The van der Waals surface area contributed by atoms with Gasteiger partial charge in [-0.1, -0.05) is 53.9 Å². The van der Waals surface area contributed by atoms with Crippen molar-refractivity contribution in [3.8, 4) is 0 Å². The molecule has 1 fully saturated rings. The second kappa shape index (κ2) is 7.88. The van der Waals surface area contributed by atoms with Gasteiger partial charge in [-0.25, -0.2) is 0 Å². The van der Waals surface area contributed by atoms with E-state index in [1.807, 2.05) is 0 Å². The lowest BCUT2D eigenvalue weighted by Crippen LogP contribution is -2.43. The Morgan fingerprint density at radius 1 is 1.26 bits per heavy atom. The third-order valence-electron chi connectivity index (χ3n) is 4.33. The van der Waals surface area contributed by atoms with Gasteiger partial charge in [0, 0.05) is 6.54 Å². The van der Waals surface area contributed by atoms with E-state index in [4.69, 9.17) is 0 Å². The molecule has 0 radical (unpaired) electrons. The molecule has 1 aliphatic heterocycles. The minimum Gasteiger partial charge on any atom is -0.325 e. The molecular weight excluding hydrogens is 236 g/mol. The van der Waals surface area contributed by atoms with Gasteiger partial charge in [0.15, 0.2) is 0 Å². The van der Waals surface area contributed by atoms with Crippen molar-refractivity contribution in [3.63, 3.8) is 0 Å². The maximum atomic E-state index is 12.4. The number of rotatable bonds is 8. The fraction of sp³-hybridized carbons (Fsp3) is 0.938. The van der Waals surface area contributed by atoms with Gasteiger partial charge in [0.2, 0.25) is 5.91 Å². The number of hydrogen-bond donors (Lipinski definition) is 1. The molecule has 3 heteroatoms. The quantitative estimate of drug-likeness (QED) is 0.732. The molecule has 112 valence electrons. The predicted octanol–water partition coefficient (Wildman–Crippen LogP) is 3.40. The minimum absolute atomic E-state index is 0.0380. The maximum Gasteiger partial charge on any atom is 0.241 e. The number of carbonyl (C=O) groups excluding carboxylic acids is 1. The van der Waals surface area contributed by atoms with Crippen LogP contribution in [-0.4, -0.2) is 29.6 Å². The number of hydrogen-bond acceptors (Lipinski definition) is 2. The van der Waals surface area contributed by atoms with E-state index in [2.05, 4.69) is 44.8 Å². The molecule has 0 bridgehead atoms. The second-order valence-corrected chi connectivity index (χ2v) is 6.22. The number of nitrogens with zero attached hydrogens (tertiary/aromatic N) is 1. The molecule has 0 aromatic carbocycles. The van der Waals surface area contributed by atoms with Crippen LogP contribution in [0, 0.1) is 11.8 Å². The summed E-state index contributed by atoms with van der Waals surface area (Å²) in [7, 11) is 0. The van der Waals surface area contributed by atoms with E-state index in [9.17, 15) is 4.79 Å². The van der Waals surface area contributed by atoms with Gasteiger partial charge in [-0.3, -0.25) is 10.1 Å². The third-order valence-corrected chi connectivity index (χ3v) is 4.33. The zero-order valence-electron chi connectivity index (χ0n) is 13.4. The normalized spacial score (nSPS) is 25.4. The SMILES string of the molecule is CCCCC(CC)CN1C(=O)C(CC)NC1C(C)C. The number of carbonyl (C=O) groups is 1. The molecule has 0 aromatic rings.